The molecular formula is C16H20FN3O. The summed E-state index contributed by atoms with van der Waals surface area (Å²) in [5.41, 5.74) is 1.24. The number of aromatic nitrogens is 2. The maximum Gasteiger partial charge on any atom is 0.233 e. The van der Waals surface area contributed by atoms with E-state index in [1.54, 1.807) is 13.0 Å². The first-order valence-electron chi connectivity index (χ1n) is 7.46. The maximum absolute atomic E-state index is 13.7. The molecule has 5 heteroatoms. The van der Waals surface area contributed by atoms with Crippen LogP contribution in [0.15, 0.2) is 22.7 Å². The monoisotopic (exact) mass is 289 g/mol. The third-order valence-electron chi connectivity index (χ3n) is 4.55. The van der Waals surface area contributed by atoms with E-state index in [-0.39, 0.29) is 11.2 Å². The zero-order valence-corrected chi connectivity index (χ0v) is 12.4. The highest BCUT2D eigenvalue weighted by atomic mass is 19.1. The minimum atomic E-state index is -0.245. The fourth-order valence-corrected chi connectivity index (χ4v) is 2.91. The molecule has 0 saturated carbocycles. The molecule has 0 radical (unpaired) electrons. The molecule has 1 aliphatic rings. The second-order valence-electron chi connectivity index (χ2n) is 5.77. The van der Waals surface area contributed by atoms with Crippen LogP contribution >= 0.6 is 0 Å². The zero-order valence-electron chi connectivity index (χ0n) is 12.4. The van der Waals surface area contributed by atoms with Gasteiger partial charge in [0.05, 0.1) is 5.41 Å². The molecule has 0 atom stereocenters. The van der Waals surface area contributed by atoms with E-state index in [0.29, 0.717) is 22.8 Å². The van der Waals surface area contributed by atoms with Crippen molar-refractivity contribution in [3.05, 3.63) is 35.5 Å². The van der Waals surface area contributed by atoms with E-state index >= 15 is 0 Å². The van der Waals surface area contributed by atoms with Gasteiger partial charge in [0.15, 0.2) is 0 Å². The largest absolute Gasteiger partial charge is 0.338 e. The zero-order chi connectivity index (χ0) is 14.9. The standard InChI is InChI=1S/C16H20FN3O/c1-3-16(6-8-18-9-7-16)15-19-14(20-21-15)12-5-4-11(2)13(17)10-12/h4-5,10,18H,3,6-9H2,1-2H3. The molecule has 0 aliphatic carbocycles. The first-order chi connectivity index (χ1) is 10.1. The molecule has 4 nitrogen and oxygen atoms in total. The lowest BCUT2D eigenvalue weighted by molar-refractivity contribution is 0.216. The van der Waals surface area contributed by atoms with E-state index in [2.05, 4.69) is 22.4 Å². The Balaban J connectivity index is 1.93. The molecule has 1 aromatic carbocycles. The van der Waals surface area contributed by atoms with Crippen LogP contribution in [0.2, 0.25) is 0 Å². The number of rotatable bonds is 3. The third-order valence-corrected chi connectivity index (χ3v) is 4.55. The Morgan fingerprint density at radius 2 is 2.10 bits per heavy atom. The van der Waals surface area contributed by atoms with Crippen molar-refractivity contribution < 1.29 is 8.91 Å². The van der Waals surface area contributed by atoms with Crippen LogP contribution in [0.1, 0.15) is 37.6 Å². The van der Waals surface area contributed by atoms with Gasteiger partial charge in [0.25, 0.3) is 0 Å². The smallest absolute Gasteiger partial charge is 0.233 e. The summed E-state index contributed by atoms with van der Waals surface area (Å²) in [6.45, 7) is 5.82. The first-order valence-corrected chi connectivity index (χ1v) is 7.46. The summed E-state index contributed by atoms with van der Waals surface area (Å²) in [6, 6.07) is 5.03. The van der Waals surface area contributed by atoms with Gasteiger partial charge < -0.3 is 9.84 Å². The molecule has 1 N–H and O–H groups in total. The highest BCUT2D eigenvalue weighted by molar-refractivity contribution is 5.55. The van der Waals surface area contributed by atoms with Gasteiger partial charge in [-0.3, -0.25) is 0 Å². The van der Waals surface area contributed by atoms with E-state index in [0.717, 1.165) is 32.4 Å². The molecule has 3 rings (SSSR count). The molecule has 0 bridgehead atoms. The topological polar surface area (TPSA) is 51.0 Å². The fraction of sp³-hybridized carbons (Fsp3) is 0.500. The van der Waals surface area contributed by atoms with Crippen LogP contribution in [0, 0.1) is 12.7 Å². The Bertz CT molecular complexity index is 632. The summed E-state index contributed by atoms with van der Waals surface area (Å²) in [4.78, 5) is 4.55. The Hall–Kier alpha value is -1.75. The van der Waals surface area contributed by atoms with Crippen LogP contribution in [-0.2, 0) is 5.41 Å². The van der Waals surface area contributed by atoms with Crippen molar-refractivity contribution in [2.75, 3.05) is 13.1 Å². The van der Waals surface area contributed by atoms with E-state index in [1.807, 2.05) is 6.07 Å². The molecular weight excluding hydrogens is 269 g/mol. The summed E-state index contributed by atoms with van der Waals surface area (Å²) >= 11 is 0. The summed E-state index contributed by atoms with van der Waals surface area (Å²) in [7, 11) is 0. The van der Waals surface area contributed by atoms with Gasteiger partial charge in [-0.2, -0.15) is 4.98 Å². The molecule has 21 heavy (non-hydrogen) atoms. The van der Waals surface area contributed by atoms with E-state index in [4.69, 9.17) is 4.52 Å². The van der Waals surface area contributed by atoms with Gasteiger partial charge in [0.1, 0.15) is 5.82 Å². The normalized spacial score (nSPS) is 17.9. The number of nitrogens with one attached hydrogen (secondary N) is 1. The lowest BCUT2D eigenvalue weighted by Crippen LogP contribution is -2.39. The van der Waals surface area contributed by atoms with Crippen LogP contribution in [0.4, 0.5) is 4.39 Å². The SMILES string of the molecule is CCC1(c2nc(-c3ccc(C)c(F)c3)no2)CCNCC1. The van der Waals surface area contributed by atoms with E-state index < -0.39 is 0 Å². The molecule has 112 valence electrons. The second-order valence-corrected chi connectivity index (χ2v) is 5.77. The molecule has 0 amide bonds. The van der Waals surface area contributed by atoms with Crippen molar-refractivity contribution in [1.29, 1.82) is 0 Å². The van der Waals surface area contributed by atoms with Gasteiger partial charge in [0.2, 0.25) is 11.7 Å². The van der Waals surface area contributed by atoms with Crippen LogP contribution in [0.25, 0.3) is 11.4 Å². The van der Waals surface area contributed by atoms with Gasteiger partial charge in [-0.25, -0.2) is 4.39 Å². The quantitative estimate of drug-likeness (QED) is 0.942. The number of hydrogen-bond acceptors (Lipinski definition) is 4. The molecule has 2 aromatic rings. The highest BCUT2D eigenvalue weighted by Gasteiger charge is 2.37. The molecule has 2 heterocycles. The fourth-order valence-electron chi connectivity index (χ4n) is 2.91. The van der Waals surface area contributed by atoms with E-state index in [1.165, 1.54) is 6.07 Å². The van der Waals surface area contributed by atoms with Crippen molar-refractivity contribution in [2.45, 2.75) is 38.5 Å². The predicted octanol–water partition coefficient (Wildman–Crippen LogP) is 3.22. The molecule has 1 fully saturated rings. The van der Waals surface area contributed by atoms with Crippen molar-refractivity contribution >= 4 is 0 Å². The maximum atomic E-state index is 13.7. The first kappa shape index (κ1) is 14.2. The summed E-state index contributed by atoms with van der Waals surface area (Å²) in [6.07, 6.45) is 2.96. The molecule has 1 aliphatic heterocycles. The van der Waals surface area contributed by atoms with E-state index in [9.17, 15) is 4.39 Å². The molecule has 1 saturated heterocycles. The average molecular weight is 289 g/mol. The van der Waals surface area contributed by atoms with Crippen molar-refractivity contribution in [3.8, 4) is 11.4 Å². The third kappa shape index (κ3) is 2.58. The van der Waals surface area contributed by atoms with Crippen LogP contribution in [0.5, 0.6) is 0 Å². The summed E-state index contributed by atoms with van der Waals surface area (Å²) in [5, 5.41) is 7.41. The lowest BCUT2D eigenvalue weighted by Gasteiger charge is -2.33. The molecule has 0 spiro atoms. The van der Waals surface area contributed by atoms with Crippen LogP contribution in [0.3, 0.4) is 0 Å². The molecule has 0 unspecified atom stereocenters. The van der Waals surface area contributed by atoms with Crippen LogP contribution < -0.4 is 5.32 Å². The van der Waals surface area contributed by atoms with Crippen molar-refractivity contribution in [3.63, 3.8) is 0 Å². The summed E-state index contributed by atoms with van der Waals surface area (Å²) < 4.78 is 19.2. The van der Waals surface area contributed by atoms with Crippen molar-refractivity contribution in [2.24, 2.45) is 0 Å². The van der Waals surface area contributed by atoms with Crippen molar-refractivity contribution in [1.82, 2.24) is 15.5 Å². The Morgan fingerprint density at radius 3 is 2.76 bits per heavy atom. The lowest BCUT2D eigenvalue weighted by atomic mass is 9.76. The van der Waals surface area contributed by atoms with Gasteiger partial charge >= 0.3 is 0 Å². The second kappa shape index (κ2) is 5.56. The molecule has 1 aromatic heterocycles. The minimum Gasteiger partial charge on any atom is -0.338 e. The Labute approximate surface area is 123 Å². The number of aryl methyl sites for hydroxylation is 1. The van der Waals surface area contributed by atoms with Gasteiger partial charge in [-0.1, -0.05) is 24.2 Å². The summed E-state index contributed by atoms with van der Waals surface area (Å²) in [5.74, 6) is 0.906. The number of benzene rings is 1. The Morgan fingerprint density at radius 1 is 1.33 bits per heavy atom. The predicted molar refractivity (Wildman–Crippen MR) is 78.5 cm³/mol. The number of nitrogens with zero attached hydrogens (tertiary/aromatic N) is 2. The van der Waals surface area contributed by atoms with Gasteiger partial charge in [0, 0.05) is 5.56 Å². The number of piperidine rings is 1. The van der Waals surface area contributed by atoms with Gasteiger partial charge in [-0.15, -0.1) is 0 Å². The van der Waals surface area contributed by atoms with Crippen LogP contribution in [-0.4, -0.2) is 23.2 Å². The average Bonchev–Trinajstić information content (AvgIpc) is 3.01. The number of hydrogen-bond donors (Lipinski definition) is 1. The van der Waals surface area contributed by atoms with Gasteiger partial charge in [-0.05, 0) is 50.9 Å². The highest BCUT2D eigenvalue weighted by Crippen LogP contribution is 2.36. The number of halogens is 1. The minimum absolute atomic E-state index is 0.0419. The Kier molecular flexibility index (Phi) is 3.76.